The summed E-state index contributed by atoms with van der Waals surface area (Å²) in [5.74, 6) is 1.16. The van der Waals surface area contributed by atoms with E-state index in [0.717, 1.165) is 4.88 Å². The number of hydrogen-bond acceptors (Lipinski definition) is 7. The van der Waals surface area contributed by atoms with Crippen molar-refractivity contribution in [2.75, 3.05) is 24.7 Å². The van der Waals surface area contributed by atoms with Gasteiger partial charge in [0.15, 0.2) is 5.82 Å². The first-order valence-electron chi connectivity index (χ1n) is 4.79. The van der Waals surface area contributed by atoms with Gasteiger partial charge in [-0.05, 0) is 12.1 Å². The standard InChI is InChI=1S/C10H10N6S/c1-16(2)10-14-8(13-9(12)15-10)7-4-3-6(5-11)17-7/h3-4H,1-2H3,(H2,12,13,14,15). The van der Waals surface area contributed by atoms with Crippen molar-refractivity contribution in [3.63, 3.8) is 0 Å². The lowest BCUT2D eigenvalue weighted by Crippen LogP contribution is -2.15. The SMILES string of the molecule is CN(C)c1nc(N)nc(-c2ccc(C#N)s2)n1. The number of hydrogen-bond donors (Lipinski definition) is 1. The minimum Gasteiger partial charge on any atom is -0.368 e. The van der Waals surface area contributed by atoms with Gasteiger partial charge in [0.25, 0.3) is 0 Å². The molecule has 6 nitrogen and oxygen atoms in total. The van der Waals surface area contributed by atoms with Crippen LogP contribution in [0.3, 0.4) is 0 Å². The number of rotatable bonds is 2. The van der Waals surface area contributed by atoms with Gasteiger partial charge < -0.3 is 10.6 Å². The van der Waals surface area contributed by atoms with Crippen LogP contribution in [0.2, 0.25) is 0 Å². The van der Waals surface area contributed by atoms with Crippen molar-refractivity contribution in [1.29, 1.82) is 5.26 Å². The number of nitrogen functional groups attached to an aromatic ring is 1. The van der Waals surface area contributed by atoms with Gasteiger partial charge in [-0.2, -0.15) is 20.2 Å². The summed E-state index contributed by atoms with van der Waals surface area (Å²) >= 11 is 1.33. The van der Waals surface area contributed by atoms with Crippen LogP contribution in [0.4, 0.5) is 11.9 Å². The summed E-state index contributed by atoms with van der Waals surface area (Å²) in [4.78, 5) is 15.5. The normalized spacial score (nSPS) is 9.94. The van der Waals surface area contributed by atoms with E-state index in [9.17, 15) is 0 Å². The van der Waals surface area contributed by atoms with Gasteiger partial charge in [0, 0.05) is 14.1 Å². The molecule has 0 fully saturated rings. The van der Waals surface area contributed by atoms with Gasteiger partial charge >= 0.3 is 0 Å². The van der Waals surface area contributed by atoms with E-state index in [0.29, 0.717) is 16.6 Å². The molecule has 2 rings (SSSR count). The second-order valence-electron chi connectivity index (χ2n) is 3.49. The van der Waals surface area contributed by atoms with E-state index in [1.54, 1.807) is 17.0 Å². The van der Waals surface area contributed by atoms with E-state index in [1.165, 1.54) is 11.3 Å². The number of aromatic nitrogens is 3. The molecule has 0 radical (unpaired) electrons. The molecule has 7 heteroatoms. The lowest BCUT2D eigenvalue weighted by atomic mass is 10.4. The van der Waals surface area contributed by atoms with Crippen LogP contribution in [0.1, 0.15) is 4.88 Å². The van der Waals surface area contributed by atoms with Crippen LogP contribution in [-0.4, -0.2) is 29.0 Å². The Hall–Kier alpha value is -2.20. The summed E-state index contributed by atoms with van der Waals surface area (Å²) in [5, 5.41) is 8.77. The van der Waals surface area contributed by atoms with Crippen LogP contribution in [0.5, 0.6) is 0 Å². The Morgan fingerprint density at radius 2 is 2.06 bits per heavy atom. The van der Waals surface area contributed by atoms with Crippen molar-refractivity contribution in [1.82, 2.24) is 15.0 Å². The van der Waals surface area contributed by atoms with E-state index in [4.69, 9.17) is 11.0 Å². The van der Waals surface area contributed by atoms with Crippen molar-refractivity contribution in [2.45, 2.75) is 0 Å². The molecule has 17 heavy (non-hydrogen) atoms. The molecule has 2 heterocycles. The molecule has 0 aromatic carbocycles. The molecule has 0 aliphatic rings. The molecule has 2 aromatic heterocycles. The number of thiophene rings is 1. The zero-order valence-corrected chi connectivity index (χ0v) is 10.2. The number of nitriles is 1. The highest BCUT2D eigenvalue weighted by molar-refractivity contribution is 7.15. The third kappa shape index (κ3) is 2.32. The smallest absolute Gasteiger partial charge is 0.230 e. The molecular weight excluding hydrogens is 236 g/mol. The van der Waals surface area contributed by atoms with Crippen molar-refractivity contribution in [3.05, 3.63) is 17.0 Å². The van der Waals surface area contributed by atoms with Crippen LogP contribution in [0, 0.1) is 11.3 Å². The van der Waals surface area contributed by atoms with Crippen LogP contribution >= 0.6 is 11.3 Å². The van der Waals surface area contributed by atoms with Crippen molar-refractivity contribution < 1.29 is 0 Å². The largest absolute Gasteiger partial charge is 0.368 e. The third-order valence-corrected chi connectivity index (χ3v) is 2.96. The molecule has 2 aromatic rings. The molecule has 0 aliphatic heterocycles. The monoisotopic (exact) mass is 246 g/mol. The minimum absolute atomic E-state index is 0.172. The van der Waals surface area contributed by atoms with Gasteiger partial charge in [-0.3, -0.25) is 0 Å². The van der Waals surface area contributed by atoms with E-state index in [-0.39, 0.29) is 5.95 Å². The third-order valence-electron chi connectivity index (χ3n) is 1.98. The second-order valence-corrected chi connectivity index (χ2v) is 4.57. The van der Waals surface area contributed by atoms with E-state index in [1.807, 2.05) is 14.1 Å². The van der Waals surface area contributed by atoms with Gasteiger partial charge in [-0.1, -0.05) is 0 Å². The van der Waals surface area contributed by atoms with Gasteiger partial charge in [0.2, 0.25) is 11.9 Å². The molecule has 0 saturated carbocycles. The maximum Gasteiger partial charge on any atom is 0.230 e. The topological polar surface area (TPSA) is 91.7 Å². The number of anilines is 2. The molecule has 0 bridgehead atoms. The van der Waals surface area contributed by atoms with Gasteiger partial charge in [0.1, 0.15) is 10.9 Å². The van der Waals surface area contributed by atoms with Crippen molar-refractivity contribution in [2.24, 2.45) is 0 Å². The first kappa shape index (κ1) is 11.3. The van der Waals surface area contributed by atoms with Gasteiger partial charge in [0.05, 0.1) is 4.88 Å². The molecule has 0 atom stereocenters. The first-order valence-corrected chi connectivity index (χ1v) is 5.61. The van der Waals surface area contributed by atoms with Crippen LogP contribution in [0.25, 0.3) is 10.7 Å². The molecule has 86 valence electrons. The fraction of sp³-hybridized carbons (Fsp3) is 0.200. The Labute approximate surface area is 102 Å². The Bertz CT molecular complexity index is 583. The van der Waals surface area contributed by atoms with Crippen molar-refractivity contribution >= 4 is 23.2 Å². The average molecular weight is 246 g/mol. The molecule has 0 spiro atoms. The molecule has 0 unspecified atom stereocenters. The number of nitrogens with zero attached hydrogens (tertiary/aromatic N) is 5. The maximum absolute atomic E-state index is 8.77. The van der Waals surface area contributed by atoms with Crippen LogP contribution in [-0.2, 0) is 0 Å². The first-order chi connectivity index (χ1) is 8.10. The molecule has 0 aliphatic carbocycles. The van der Waals surface area contributed by atoms with Crippen LogP contribution in [0.15, 0.2) is 12.1 Å². The summed E-state index contributed by atoms with van der Waals surface area (Å²) in [6.45, 7) is 0. The fourth-order valence-electron chi connectivity index (χ4n) is 1.21. The maximum atomic E-state index is 8.77. The lowest BCUT2D eigenvalue weighted by molar-refractivity contribution is 0.972. The van der Waals surface area contributed by atoms with E-state index in [2.05, 4.69) is 21.0 Å². The molecular formula is C10H10N6S. The number of nitrogens with two attached hydrogens (primary N) is 1. The Kier molecular flexibility index (Phi) is 2.89. The Morgan fingerprint density at radius 1 is 1.29 bits per heavy atom. The van der Waals surface area contributed by atoms with Crippen molar-refractivity contribution in [3.8, 4) is 16.8 Å². The molecule has 0 amide bonds. The summed E-state index contributed by atoms with van der Waals surface area (Å²) in [5.41, 5.74) is 5.62. The molecule has 0 saturated heterocycles. The van der Waals surface area contributed by atoms with E-state index >= 15 is 0 Å². The Balaban J connectivity index is 2.48. The highest BCUT2D eigenvalue weighted by atomic mass is 32.1. The highest BCUT2D eigenvalue weighted by Gasteiger charge is 2.10. The summed E-state index contributed by atoms with van der Waals surface area (Å²) in [7, 11) is 3.65. The average Bonchev–Trinajstić information content (AvgIpc) is 2.76. The quantitative estimate of drug-likeness (QED) is 0.853. The van der Waals surface area contributed by atoms with Gasteiger partial charge in [-0.25, -0.2) is 0 Å². The van der Waals surface area contributed by atoms with Gasteiger partial charge in [-0.15, -0.1) is 11.3 Å². The van der Waals surface area contributed by atoms with Crippen LogP contribution < -0.4 is 10.6 Å². The van der Waals surface area contributed by atoms with E-state index < -0.39 is 0 Å². The molecule has 2 N–H and O–H groups in total. The zero-order valence-electron chi connectivity index (χ0n) is 9.38. The Morgan fingerprint density at radius 3 is 2.65 bits per heavy atom. The zero-order chi connectivity index (χ0) is 12.4. The lowest BCUT2D eigenvalue weighted by Gasteiger charge is -2.10. The second kappa shape index (κ2) is 4.35. The summed E-state index contributed by atoms with van der Waals surface area (Å²) < 4.78 is 0. The summed E-state index contributed by atoms with van der Waals surface area (Å²) in [6, 6.07) is 5.61. The highest BCUT2D eigenvalue weighted by Crippen LogP contribution is 2.25. The predicted octanol–water partition coefficient (Wildman–Crippen LogP) is 1.12. The summed E-state index contributed by atoms with van der Waals surface area (Å²) in [6.07, 6.45) is 0. The predicted molar refractivity (Wildman–Crippen MR) is 66.6 cm³/mol. The fourth-order valence-corrected chi connectivity index (χ4v) is 1.95. The minimum atomic E-state index is 0.172.